The van der Waals surface area contributed by atoms with Crippen molar-refractivity contribution in [1.82, 2.24) is 0 Å². The zero-order valence-corrected chi connectivity index (χ0v) is 10.9. The van der Waals surface area contributed by atoms with E-state index in [1.54, 1.807) is 6.08 Å². The quantitative estimate of drug-likeness (QED) is 0.731. The van der Waals surface area contributed by atoms with Gasteiger partial charge < -0.3 is 5.11 Å². The molecule has 0 radical (unpaired) electrons. The molecule has 1 aliphatic carbocycles. The lowest BCUT2D eigenvalue weighted by atomic mass is 9.84. The van der Waals surface area contributed by atoms with E-state index in [1.165, 1.54) is 5.57 Å². The van der Waals surface area contributed by atoms with E-state index in [1.807, 2.05) is 6.08 Å². The third-order valence-electron chi connectivity index (χ3n) is 3.29. The van der Waals surface area contributed by atoms with E-state index in [0.717, 1.165) is 19.3 Å². The fraction of sp³-hybridized carbons (Fsp3) is 0.533. The molecule has 0 aromatic rings. The van der Waals surface area contributed by atoms with Gasteiger partial charge in [0.25, 0.3) is 0 Å². The standard InChI is InChI=1S/C15H22O2/c1-11(2)5-4-6-12(3)13-7-9-14(10-8-13)15(16)17/h5,7,9-10,12-13H,4,6,8H2,1-3H3,(H,16,17)/t12-,13+/m1/s1. The van der Waals surface area contributed by atoms with Crippen molar-refractivity contribution in [1.29, 1.82) is 0 Å². The predicted octanol–water partition coefficient (Wildman–Crippen LogP) is 3.96. The Hall–Kier alpha value is -1.31. The Morgan fingerprint density at radius 3 is 2.76 bits per heavy atom. The Labute approximate surface area is 104 Å². The van der Waals surface area contributed by atoms with Gasteiger partial charge in [-0.2, -0.15) is 0 Å². The highest BCUT2D eigenvalue weighted by atomic mass is 16.4. The van der Waals surface area contributed by atoms with Gasteiger partial charge in [0.05, 0.1) is 5.57 Å². The summed E-state index contributed by atoms with van der Waals surface area (Å²) >= 11 is 0. The van der Waals surface area contributed by atoms with Gasteiger partial charge in [0, 0.05) is 0 Å². The van der Waals surface area contributed by atoms with Crippen molar-refractivity contribution >= 4 is 5.97 Å². The van der Waals surface area contributed by atoms with E-state index < -0.39 is 5.97 Å². The number of carboxylic acids is 1. The van der Waals surface area contributed by atoms with Gasteiger partial charge in [-0.3, -0.25) is 0 Å². The van der Waals surface area contributed by atoms with E-state index in [4.69, 9.17) is 5.11 Å². The van der Waals surface area contributed by atoms with Crippen molar-refractivity contribution in [2.24, 2.45) is 11.8 Å². The molecule has 0 aromatic carbocycles. The molecule has 0 fully saturated rings. The smallest absolute Gasteiger partial charge is 0.335 e. The van der Waals surface area contributed by atoms with Crippen molar-refractivity contribution in [2.75, 3.05) is 0 Å². The first-order chi connectivity index (χ1) is 8.00. The van der Waals surface area contributed by atoms with Crippen LogP contribution in [0.1, 0.15) is 40.0 Å². The van der Waals surface area contributed by atoms with Crippen LogP contribution in [-0.2, 0) is 4.79 Å². The minimum atomic E-state index is -0.822. The average Bonchev–Trinajstić information content (AvgIpc) is 2.28. The number of rotatable bonds is 5. The SMILES string of the molecule is CC(C)=CCC[C@@H](C)[C@H]1C=CC(C(=O)O)=CC1. The second kappa shape index (κ2) is 6.43. The van der Waals surface area contributed by atoms with Gasteiger partial charge in [0.2, 0.25) is 0 Å². The van der Waals surface area contributed by atoms with Gasteiger partial charge in [-0.25, -0.2) is 4.79 Å². The minimum absolute atomic E-state index is 0.428. The van der Waals surface area contributed by atoms with Crippen LogP contribution in [0.25, 0.3) is 0 Å². The molecular formula is C15H22O2. The molecule has 0 unspecified atom stereocenters. The summed E-state index contributed by atoms with van der Waals surface area (Å²) in [4.78, 5) is 10.8. The predicted molar refractivity (Wildman–Crippen MR) is 70.8 cm³/mol. The van der Waals surface area contributed by atoms with Crippen molar-refractivity contribution in [3.63, 3.8) is 0 Å². The minimum Gasteiger partial charge on any atom is -0.478 e. The van der Waals surface area contributed by atoms with Crippen molar-refractivity contribution in [3.05, 3.63) is 35.5 Å². The molecule has 0 aliphatic heterocycles. The number of carbonyl (C=O) groups is 1. The highest BCUT2D eigenvalue weighted by molar-refractivity contribution is 5.90. The number of hydrogen-bond donors (Lipinski definition) is 1. The van der Waals surface area contributed by atoms with Gasteiger partial charge >= 0.3 is 5.97 Å². The van der Waals surface area contributed by atoms with E-state index in [9.17, 15) is 4.79 Å². The molecule has 0 saturated carbocycles. The Bertz CT molecular complexity index is 357. The van der Waals surface area contributed by atoms with Crippen LogP contribution in [0.3, 0.4) is 0 Å². The van der Waals surface area contributed by atoms with Crippen molar-refractivity contribution < 1.29 is 9.90 Å². The second-order valence-corrected chi connectivity index (χ2v) is 5.06. The highest BCUT2D eigenvalue weighted by Crippen LogP contribution is 2.27. The lowest BCUT2D eigenvalue weighted by Gasteiger charge is -2.21. The summed E-state index contributed by atoms with van der Waals surface area (Å²) in [5.74, 6) is 0.272. The molecule has 17 heavy (non-hydrogen) atoms. The van der Waals surface area contributed by atoms with E-state index in [0.29, 0.717) is 17.4 Å². The maximum Gasteiger partial charge on any atom is 0.335 e. The monoisotopic (exact) mass is 234 g/mol. The van der Waals surface area contributed by atoms with Gasteiger partial charge in [-0.1, -0.05) is 36.8 Å². The van der Waals surface area contributed by atoms with Crippen LogP contribution in [0.2, 0.25) is 0 Å². The average molecular weight is 234 g/mol. The van der Waals surface area contributed by atoms with Gasteiger partial charge in [-0.15, -0.1) is 0 Å². The second-order valence-electron chi connectivity index (χ2n) is 5.06. The van der Waals surface area contributed by atoms with Gasteiger partial charge in [-0.05, 0) is 44.9 Å². The summed E-state index contributed by atoms with van der Waals surface area (Å²) in [5.41, 5.74) is 1.79. The molecule has 0 bridgehead atoms. The molecule has 0 amide bonds. The zero-order chi connectivity index (χ0) is 12.8. The lowest BCUT2D eigenvalue weighted by Crippen LogP contribution is -2.12. The number of allylic oxidation sites excluding steroid dienone is 4. The summed E-state index contributed by atoms with van der Waals surface area (Å²) < 4.78 is 0. The van der Waals surface area contributed by atoms with E-state index >= 15 is 0 Å². The first-order valence-electron chi connectivity index (χ1n) is 6.25. The van der Waals surface area contributed by atoms with Crippen molar-refractivity contribution in [3.8, 4) is 0 Å². The lowest BCUT2D eigenvalue weighted by molar-refractivity contribution is -0.132. The highest BCUT2D eigenvalue weighted by Gasteiger charge is 2.17. The van der Waals surface area contributed by atoms with Crippen LogP contribution in [-0.4, -0.2) is 11.1 Å². The van der Waals surface area contributed by atoms with Crippen LogP contribution in [0.5, 0.6) is 0 Å². The Morgan fingerprint density at radius 2 is 2.29 bits per heavy atom. The largest absolute Gasteiger partial charge is 0.478 e. The zero-order valence-electron chi connectivity index (χ0n) is 10.9. The van der Waals surface area contributed by atoms with Crippen LogP contribution in [0.15, 0.2) is 35.5 Å². The molecular weight excluding hydrogens is 212 g/mol. The van der Waals surface area contributed by atoms with E-state index in [2.05, 4.69) is 32.9 Å². The third kappa shape index (κ3) is 4.59. The molecule has 0 aromatic heterocycles. The maximum absolute atomic E-state index is 10.8. The molecule has 1 aliphatic rings. The number of hydrogen-bond acceptors (Lipinski definition) is 1. The maximum atomic E-state index is 10.8. The molecule has 0 heterocycles. The third-order valence-corrected chi connectivity index (χ3v) is 3.29. The Kier molecular flexibility index (Phi) is 5.20. The van der Waals surface area contributed by atoms with E-state index in [-0.39, 0.29) is 0 Å². The van der Waals surface area contributed by atoms with Crippen LogP contribution >= 0.6 is 0 Å². The molecule has 2 heteroatoms. The Morgan fingerprint density at radius 1 is 1.59 bits per heavy atom. The summed E-state index contributed by atoms with van der Waals surface area (Å²) in [6.07, 6.45) is 11.0. The van der Waals surface area contributed by atoms with Crippen LogP contribution < -0.4 is 0 Å². The molecule has 0 spiro atoms. The van der Waals surface area contributed by atoms with Crippen molar-refractivity contribution in [2.45, 2.75) is 40.0 Å². The fourth-order valence-electron chi connectivity index (χ4n) is 2.07. The molecule has 2 nitrogen and oxygen atoms in total. The summed E-state index contributed by atoms with van der Waals surface area (Å²) in [5, 5.41) is 8.84. The molecule has 0 saturated heterocycles. The molecule has 1 N–H and O–H groups in total. The molecule has 2 atom stereocenters. The first kappa shape index (κ1) is 13.8. The van der Waals surface area contributed by atoms with Gasteiger partial charge in [0.1, 0.15) is 0 Å². The first-order valence-corrected chi connectivity index (χ1v) is 6.25. The number of carboxylic acid groups (broad SMARTS) is 1. The summed E-state index contributed by atoms with van der Waals surface area (Å²) in [6.45, 7) is 6.48. The van der Waals surface area contributed by atoms with Crippen LogP contribution in [0.4, 0.5) is 0 Å². The summed E-state index contributed by atoms with van der Waals surface area (Å²) in [6, 6.07) is 0. The number of aliphatic carboxylic acids is 1. The Balaban J connectivity index is 2.42. The van der Waals surface area contributed by atoms with Gasteiger partial charge in [0.15, 0.2) is 0 Å². The normalized spacial score (nSPS) is 20.6. The topological polar surface area (TPSA) is 37.3 Å². The summed E-state index contributed by atoms with van der Waals surface area (Å²) in [7, 11) is 0. The fourth-order valence-corrected chi connectivity index (χ4v) is 2.07. The molecule has 94 valence electrons. The van der Waals surface area contributed by atoms with Crippen LogP contribution in [0, 0.1) is 11.8 Å². The molecule has 1 rings (SSSR count).